The summed E-state index contributed by atoms with van der Waals surface area (Å²) in [6.07, 6.45) is 0.0185. The van der Waals surface area contributed by atoms with Gasteiger partial charge < -0.3 is 20.5 Å². The lowest BCUT2D eigenvalue weighted by Gasteiger charge is -2.27. The predicted octanol–water partition coefficient (Wildman–Crippen LogP) is 0.796. The molecule has 1 aliphatic heterocycles. The molecule has 5 heteroatoms. The largest absolute Gasteiger partial charge is 0.485 e. The highest BCUT2D eigenvalue weighted by atomic mass is 16.6. The number of rotatable bonds is 4. The Bertz CT molecular complexity index is 416. The highest BCUT2D eigenvalue weighted by molar-refractivity contribution is 5.97. The van der Waals surface area contributed by atoms with Gasteiger partial charge in [0.05, 0.1) is 18.8 Å². The number of nitrogens with one attached hydrogen (secondary N) is 1. The van der Waals surface area contributed by atoms with Crippen LogP contribution in [0.1, 0.15) is 17.3 Å². The Hall–Kier alpha value is -1.75. The van der Waals surface area contributed by atoms with E-state index < -0.39 is 0 Å². The smallest absolute Gasteiger partial charge is 0.255 e. The second kappa shape index (κ2) is 5.05. The number of carbonyl (C=O) groups is 1. The molecule has 2 rings (SSSR count). The molecule has 1 aromatic rings. The number of nitrogens with two attached hydrogens (primary N) is 1. The summed E-state index contributed by atoms with van der Waals surface area (Å²) in [5.74, 6) is 0.368. The summed E-state index contributed by atoms with van der Waals surface area (Å²) >= 11 is 0. The molecule has 1 heterocycles. The van der Waals surface area contributed by atoms with Crippen molar-refractivity contribution in [3.63, 3.8) is 0 Å². The summed E-state index contributed by atoms with van der Waals surface area (Å²) in [6.45, 7) is 3.57. The fraction of sp³-hybridized carbons (Fsp3) is 0.417. The first-order valence-corrected chi connectivity index (χ1v) is 5.63. The van der Waals surface area contributed by atoms with Crippen LogP contribution in [0, 0.1) is 0 Å². The van der Waals surface area contributed by atoms with Crippen LogP contribution in [0.15, 0.2) is 18.2 Å². The molecule has 5 nitrogen and oxygen atoms in total. The van der Waals surface area contributed by atoms with Gasteiger partial charge in [-0.2, -0.15) is 0 Å². The van der Waals surface area contributed by atoms with Crippen molar-refractivity contribution >= 4 is 11.6 Å². The second-order valence-corrected chi connectivity index (χ2v) is 3.89. The number of nitrogen functional groups attached to an aromatic ring is 1. The zero-order valence-electron chi connectivity index (χ0n) is 9.73. The minimum Gasteiger partial charge on any atom is -0.485 e. The van der Waals surface area contributed by atoms with Gasteiger partial charge in [0.2, 0.25) is 0 Å². The van der Waals surface area contributed by atoms with Gasteiger partial charge in [-0.15, -0.1) is 0 Å². The van der Waals surface area contributed by atoms with Gasteiger partial charge in [-0.05, 0) is 19.1 Å². The van der Waals surface area contributed by atoms with E-state index in [4.69, 9.17) is 15.2 Å². The number of amides is 1. The first-order valence-electron chi connectivity index (χ1n) is 5.63. The maximum Gasteiger partial charge on any atom is 0.255 e. The zero-order chi connectivity index (χ0) is 12.3. The minimum absolute atomic E-state index is 0.0185. The van der Waals surface area contributed by atoms with Crippen molar-refractivity contribution in [1.82, 2.24) is 5.32 Å². The second-order valence-electron chi connectivity index (χ2n) is 3.89. The number of hydrogen-bond acceptors (Lipinski definition) is 4. The Kier molecular flexibility index (Phi) is 3.49. The molecule has 1 saturated heterocycles. The number of hydrogen-bond donors (Lipinski definition) is 2. The Labute approximate surface area is 99.9 Å². The average molecular weight is 236 g/mol. The van der Waals surface area contributed by atoms with Crippen molar-refractivity contribution in [2.45, 2.75) is 13.0 Å². The Morgan fingerprint density at radius 1 is 1.59 bits per heavy atom. The molecule has 0 unspecified atom stereocenters. The van der Waals surface area contributed by atoms with Crippen LogP contribution in [0.4, 0.5) is 5.69 Å². The molecule has 1 aromatic carbocycles. The molecule has 1 fully saturated rings. The van der Waals surface area contributed by atoms with Gasteiger partial charge >= 0.3 is 0 Å². The highest BCUT2D eigenvalue weighted by Gasteiger charge is 2.22. The molecular weight excluding hydrogens is 220 g/mol. The normalized spacial score (nSPS) is 15.1. The average Bonchev–Trinajstić information content (AvgIpc) is 2.24. The molecule has 0 atom stereocenters. The van der Waals surface area contributed by atoms with Gasteiger partial charge in [0, 0.05) is 18.3 Å². The third-order valence-corrected chi connectivity index (χ3v) is 2.49. The predicted molar refractivity (Wildman–Crippen MR) is 64.1 cm³/mol. The lowest BCUT2D eigenvalue weighted by atomic mass is 10.1. The van der Waals surface area contributed by atoms with Crippen molar-refractivity contribution in [1.29, 1.82) is 0 Å². The number of ether oxygens (including phenoxy) is 2. The van der Waals surface area contributed by atoms with E-state index >= 15 is 0 Å². The summed E-state index contributed by atoms with van der Waals surface area (Å²) in [6, 6.07) is 5.03. The van der Waals surface area contributed by atoms with Gasteiger partial charge in [0.15, 0.2) is 0 Å². The fourth-order valence-electron chi connectivity index (χ4n) is 1.54. The standard InChI is InChI=1S/C12H16N2O3/c1-2-14-12(15)10-4-3-8(13)5-11(10)17-9-6-16-7-9/h3-5,9H,2,6-7,13H2,1H3,(H,14,15). The Morgan fingerprint density at radius 2 is 2.35 bits per heavy atom. The molecule has 1 amide bonds. The first-order chi connectivity index (χ1) is 8.20. The molecule has 0 aromatic heterocycles. The molecule has 1 aliphatic rings. The van der Waals surface area contributed by atoms with E-state index in [-0.39, 0.29) is 12.0 Å². The number of carbonyl (C=O) groups excluding carboxylic acids is 1. The maximum absolute atomic E-state index is 11.8. The SMILES string of the molecule is CCNC(=O)c1ccc(N)cc1OC1COC1. The third-order valence-electron chi connectivity index (χ3n) is 2.49. The van der Waals surface area contributed by atoms with E-state index in [0.717, 1.165) is 0 Å². The van der Waals surface area contributed by atoms with Crippen molar-refractivity contribution in [3.05, 3.63) is 23.8 Å². The summed E-state index contributed by atoms with van der Waals surface area (Å²) in [5, 5.41) is 2.74. The van der Waals surface area contributed by atoms with Crippen LogP contribution >= 0.6 is 0 Å². The number of anilines is 1. The molecule has 0 saturated carbocycles. The molecule has 0 radical (unpaired) electrons. The van der Waals surface area contributed by atoms with Crippen LogP contribution in [0.25, 0.3) is 0 Å². The number of benzene rings is 1. The van der Waals surface area contributed by atoms with E-state index in [9.17, 15) is 4.79 Å². The van der Waals surface area contributed by atoms with Gasteiger partial charge in [0.1, 0.15) is 11.9 Å². The van der Waals surface area contributed by atoms with Gasteiger partial charge in [-0.25, -0.2) is 0 Å². The summed E-state index contributed by atoms with van der Waals surface area (Å²) < 4.78 is 10.7. The van der Waals surface area contributed by atoms with E-state index in [1.165, 1.54) is 0 Å². The first kappa shape index (κ1) is 11.7. The van der Waals surface area contributed by atoms with E-state index in [1.807, 2.05) is 6.92 Å². The van der Waals surface area contributed by atoms with Crippen molar-refractivity contribution < 1.29 is 14.3 Å². The van der Waals surface area contributed by atoms with Crippen molar-refractivity contribution in [3.8, 4) is 5.75 Å². The molecule has 92 valence electrons. The van der Waals surface area contributed by atoms with Crippen LogP contribution in [0.5, 0.6) is 5.75 Å². The summed E-state index contributed by atoms with van der Waals surface area (Å²) in [7, 11) is 0. The third kappa shape index (κ3) is 2.68. The molecule has 0 spiro atoms. The van der Waals surface area contributed by atoms with Crippen molar-refractivity contribution in [2.75, 3.05) is 25.5 Å². The molecule has 3 N–H and O–H groups in total. The zero-order valence-corrected chi connectivity index (χ0v) is 9.73. The molecule has 17 heavy (non-hydrogen) atoms. The van der Waals surface area contributed by atoms with E-state index in [2.05, 4.69) is 5.32 Å². The van der Waals surface area contributed by atoms with Gasteiger partial charge in [-0.1, -0.05) is 0 Å². The lowest BCUT2D eigenvalue weighted by molar-refractivity contribution is -0.0798. The van der Waals surface area contributed by atoms with E-state index in [1.54, 1.807) is 18.2 Å². The van der Waals surface area contributed by atoms with Gasteiger partial charge in [0.25, 0.3) is 5.91 Å². The van der Waals surface area contributed by atoms with Crippen molar-refractivity contribution in [2.24, 2.45) is 0 Å². The molecule has 0 bridgehead atoms. The quantitative estimate of drug-likeness (QED) is 0.758. The van der Waals surface area contributed by atoms with E-state index in [0.29, 0.717) is 36.8 Å². The highest BCUT2D eigenvalue weighted by Crippen LogP contribution is 2.24. The topological polar surface area (TPSA) is 73.6 Å². The summed E-state index contributed by atoms with van der Waals surface area (Å²) in [4.78, 5) is 11.8. The maximum atomic E-state index is 11.8. The Morgan fingerprint density at radius 3 is 2.94 bits per heavy atom. The molecular formula is C12H16N2O3. The van der Waals surface area contributed by atoms with Crippen LogP contribution in [-0.2, 0) is 4.74 Å². The van der Waals surface area contributed by atoms with Crippen LogP contribution in [0.3, 0.4) is 0 Å². The van der Waals surface area contributed by atoms with Crippen LogP contribution in [0.2, 0.25) is 0 Å². The fourth-order valence-corrected chi connectivity index (χ4v) is 1.54. The summed E-state index contributed by atoms with van der Waals surface area (Å²) in [5.41, 5.74) is 6.78. The minimum atomic E-state index is -0.150. The molecule has 0 aliphatic carbocycles. The monoisotopic (exact) mass is 236 g/mol. The Balaban J connectivity index is 2.19. The van der Waals surface area contributed by atoms with Gasteiger partial charge in [-0.3, -0.25) is 4.79 Å². The van der Waals surface area contributed by atoms with Crippen LogP contribution in [-0.4, -0.2) is 31.8 Å². The lowest BCUT2D eigenvalue weighted by Crippen LogP contribution is -2.39. The van der Waals surface area contributed by atoms with Crippen LogP contribution < -0.4 is 15.8 Å².